The molecule has 0 bridgehead atoms. The molecule has 0 aromatic rings. The third kappa shape index (κ3) is 5.02. The minimum atomic E-state index is -0.943. The third-order valence-corrected chi connectivity index (χ3v) is 3.36. The Hall–Kier alpha value is -0.650. The number of carbonyl (C=O) groups is 1. The smallest absolute Gasteiger partial charge is 0.306 e. The number of aliphatic hydroxyl groups excluding tert-OH is 1. The molecule has 0 aliphatic carbocycles. The lowest BCUT2D eigenvalue weighted by Crippen LogP contribution is -2.41. The lowest BCUT2D eigenvalue weighted by atomic mass is 10.2. The second kappa shape index (κ2) is 6.93. The Morgan fingerprint density at radius 1 is 1.59 bits per heavy atom. The normalized spacial score (nSPS) is 23.2. The van der Waals surface area contributed by atoms with E-state index in [2.05, 4.69) is 11.8 Å². The number of aliphatic hydroxyl groups is 1. The van der Waals surface area contributed by atoms with Crippen molar-refractivity contribution in [1.29, 1.82) is 0 Å². The van der Waals surface area contributed by atoms with E-state index in [-0.39, 0.29) is 6.42 Å². The van der Waals surface area contributed by atoms with E-state index in [1.54, 1.807) is 0 Å². The number of aliphatic carboxylic acids is 1. The van der Waals surface area contributed by atoms with Gasteiger partial charge in [0.1, 0.15) is 0 Å². The fraction of sp³-hybridized carbons (Fsp3) is 0.917. The Morgan fingerprint density at radius 3 is 2.88 bits per heavy atom. The van der Waals surface area contributed by atoms with Gasteiger partial charge in [0.05, 0.1) is 12.5 Å². The van der Waals surface area contributed by atoms with Gasteiger partial charge in [0.25, 0.3) is 0 Å². The van der Waals surface area contributed by atoms with E-state index in [0.29, 0.717) is 12.6 Å². The molecule has 5 nitrogen and oxygen atoms in total. The van der Waals surface area contributed by atoms with Gasteiger partial charge in [-0.25, -0.2) is 0 Å². The molecule has 1 aliphatic rings. The third-order valence-electron chi connectivity index (χ3n) is 3.36. The Labute approximate surface area is 103 Å². The van der Waals surface area contributed by atoms with Crippen molar-refractivity contribution in [3.8, 4) is 0 Å². The fourth-order valence-corrected chi connectivity index (χ4v) is 2.58. The van der Waals surface area contributed by atoms with Gasteiger partial charge in [-0.05, 0) is 33.0 Å². The molecular weight excluding hydrogens is 220 g/mol. The number of likely N-dealkylation sites (tertiary alicyclic amines) is 1. The van der Waals surface area contributed by atoms with Crippen LogP contribution in [0, 0.1) is 0 Å². The molecule has 100 valence electrons. The largest absolute Gasteiger partial charge is 0.481 e. The summed E-state index contributed by atoms with van der Waals surface area (Å²) in [5.41, 5.74) is 0. The highest BCUT2D eigenvalue weighted by Crippen LogP contribution is 2.17. The van der Waals surface area contributed by atoms with Crippen LogP contribution < -0.4 is 0 Å². The number of hydrogen-bond acceptors (Lipinski definition) is 4. The van der Waals surface area contributed by atoms with Crippen molar-refractivity contribution in [3.63, 3.8) is 0 Å². The number of hydrogen-bond donors (Lipinski definition) is 2. The van der Waals surface area contributed by atoms with Gasteiger partial charge in [-0.1, -0.05) is 6.92 Å². The van der Waals surface area contributed by atoms with Crippen LogP contribution in [0.25, 0.3) is 0 Å². The molecule has 2 atom stereocenters. The Balaban J connectivity index is 2.28. The van der Waals surface area contributed by atoms with Gasteiger partial charge in [-0.3, -0.25) is 9.69 Å². The zero-order valence-corrected chi connectivity index (χ0v) is 10.8. The summed E-state index contributed by atoms with van der Waals surface area (Å²) in [7, 11) is 1.94. The van der Waals surface area contributed by atoms with Crippen LogP contribution in [0.5, 0.6) is 0 Å². The van der Waals surface area contributed by atoms with Crippen LogP contribution in [0.15, 0.2) is 0 Å². The highest BCUT2D eigenvalue weighted by atomic mass is 16.4. The van der Waals surface area contributed by atoms with Gasteiger partial charge in [0.2, 0.25) is 0 Å². The van der Waals surface area contributed by atoms with Crippen molar-refractivity contribution in [1.82, 2.24) is 9.80 Å². The summed E-state index contributed by atoms with van der Waals surface area (Å²) < 4.78 is 0. The quantitative estimate of drug-likeness (QED) is 0.671. The molecular formula is C12H24N2O3. The molecule has 1 aliphatic heterocycles. The molecule has 1 heterocycles. The van der Waals surface area contributed by atoms with E-state index in [4.69, 9.17) is 5.11 Å². The van der Waals surface area contributed by atoms with Crippen molar-refractivity contribution in [2.45, 2.75) is 38.3 Å². The standard InChI is InChI=1S/C12H24N2O3/c1-3-14-6-4-5-10(14)8-13(2)9-11(15)7-12(16)17/h10-11,15H,3-9H2,1-2H3,(H,16,17). The predicted molar refractivity (Wildman–Crippen MR) is 66.0 cm³/mol. The van der Waals surface area contributed by atoms with E-state index in [0.717, 1.165) is 19.6 Å². The van der Waals surface area contributed by atoms with Crippen LogP contribution in [-0.4, -0.2) is 71.4 Å². The average Bonchev–Trinajstić information content (AvgIpc) is 2.63. The Kier molecular flexibility index (Phi) is 5.88. The number of likely N-dealkylation sites (N-methyl/N-ethyl adjacent to an activating group) is 2. The van der Waals surface area contributed by atoms with E-state index in [1.165, 1.54) is 12.8 Å². The summed E-state index contributed by atoms with van der Waals surface area (Å²) in [4.78, 5) is 14.9. The van der Waals surface area contributed by atoms with Crippen LogP contribution in [0.1, 0.15) is 26.2 Å². The van der Waals surface area contributed by atoms with Crippen molar-refractivity contribution in [2.24, 2.45) is 0 Å². The second-order valence-electron chi connectivity index (χ2n) is 4.90. The molecule has 0 aromatic carbocycles. The molecule has 1 saturated heterocycles. The van der Waals surface area contributed by atoms with Gasteiger partial charge < -0.3 is 15.1 Å². The molecule has 0 radical (unpaired) electrons. The SMILES string of the molecule is CCN1CCCC1CN(C)CC(O)CC(=O)O. The minimum absolute atomic E-state index is 0.174. The maximum absolute atomic E-state index is 10.4. The van der Waals surface area contributed by atoms with E-state index in [1.807, 2.05) is 11.9 Å². The first kappa shape index (κ1) is 14.4. The van der Waals surface area contributed by atoms with Crippen molar-refractivity contribution in [2.75, 3.05) is 33.2 Å². The van der Waals surface area contributed by atoms with Crippen LogP contribution in [0.4, 0.5) is 0 Å². The first-order valence-corrected chi connectivity index (χ1v) is 6.35. The molecule has 0 aromatic heterocycles. The maximum Gasteiger partial charge on any atom is 0.306 e. The zero-order chi connectivity index (χ0) is 12.8. The summed E-state index contributed by atoms with van der Waals surface area (Å²) in [6, 6.07) is 0.557. The number of carboxylic acid groups (broad SMARTS) is 1. The van der Waals surface area contributed by atoms with Gasteiger partial charge in [-0.15, -0.1) is 0 Å². The van der Waals surface area contributed by atoms with Crippen molar-refractivity contribution in [3.05, 3.63) is 0 Å². The van der Waals surface area contributed by atoms with Gasteiger partial charge in [0, 0.05) is 19.1 Å². The summed E-state index contributed by atoms with van der Waals surface area (Å²) in [5, 5.41) is 18.1. The number of rotatable bonds is 7. The summed E-state index contributed by atoms with van der Waals surface area (Å²) >= 11 is 0. The van der Waals surface area contributed by atoms with E-state index >= 15 is 0 Å². The lowest BCUT2D eigenvalue weighted by Gasteiger charge is -2.28. The molecule has 17 heavy (non-hydrogen) atoms. The highest BCUT2D eigenvalue weighted by Gasteiger charge is 2.24. The number of carboxylic acids is 1. The van der Waals surface area contributed by atoms with Crippen LogP contribution in [0.2, 0.25) is 0 Å². The molecule has 0 spiro atoms. The molecule has 5 heteroatoms. The number of nitrogens with zero attached hydrogens (tertiary/aromatic N) is 2. The highest BCUT2D eigenvalue weighted by molar-refractivity contribution is 5.67. The maximum atomic E-state index is 10.4. The summed E-state index contributed by atoms with van der Waals surface area (Å²) in [6.07, 6.45) is 1.50. The molecule has 2 unspecified atom stereocenters. The van der Waals surface area contributed by atoms with Gasteiger partial charge in [0.15, 0.2) is 0 Å². The average molecular weight is 244 g/mol. The topological polar surface area (TPSA) is 64.0 Å². The van der Waals surface area contributed by atoms with Crippen molar-refractivity contribution >= 4 is 5.97 Å². The predicted octanol–water partition coefficient (Wildman–Crippen LogP) is 0.238. The zero-order valence-electron chi connectivity index (χ0n) is 10.8. The van der Waals surface area contributed by atoms with E-state index in [9.17, 15) is 9.90 Å². The molecule has 0 amide bonds. The van der Waals surface area contributed by atoms with Gasteiger partial charge in [-0.2, -0.15) is 0 Å². The van der Waals surface area contributed by atoms with Crippen LogP contribution >= 0.6 is 0 Å². The Morgan fingerprint density at radius 2 is 2.29 bits per heavy atom. The first-order chi connectivity index (χ1) is 8.02. The van der Waals surface area contributed by atoms with Crippen molar-refractivity contribution < 1.29 is 15.0 Å². The summed E-state index contributed by atoms with van der Waals surface area (Å²) in [6.45, 7) is 5.73. The first-order valence-electron chi connectivity index (χ1n) is 6.35. The molecule has 0 saturated carbocycles. The lowest BCUT2D eigenvalue weighted by molar-refractivity contribution is -0.139. The Bertz CT molecular complexity index is 248. The molecule has 2 N–H and O–H groups in total. The fourth-order valence-electron chi connectivity index (χ4n) is 2.58. The summed E-state index contributed by atoms with van der Waals surface area (Å²) in [5.74, 6) is -0.943. The van der Waals surface area contributed by atoms with E-state index < -0.39 is 12.1 Å². The molecule has 1 rings (SSSR count). The monoisotopic (exact) mass is 244 g/mol. The minimum Gasteiger partial charge on any atom is -0.481 e. The second-order valence-corrected chi connectivity index (χ2v) is 4.90. The van der Waals surface area contributed by atoms with Crippen LogP contribution in [-0.2, 0) is 4.79 Å². The van der Waals surface area contributed by atoms with Crippen LogP contribution in [0.3, 0.4) is 0 Å². The molecule has 1 fully saturated rings. The van der Waals surface area contributed by atoms with Gasteiger partial charge >= 0.3 is 5.97 Å².